The summed E-state index contributed by atoms with van der Waals surface area (Å²) in [7, 11) is -3.45. The number of rotatable bonds is 8. The van der Waals surface area contributed by atoms with Crippen molar-refractivity contribution in [3.05, 3.63) is 29.3 Å². The normalized spacial score (nSPS) is 12.8. The number of anilines is 1. The van der Waals surface area contributed by atoms with Crippen LogP contribution in [0.4, 0.5) is 5.13 Å². The molecule has 0 spiro atoms. The first-order chi connectivity index (χ1) is 12.6. The molecule has 1 atom stereocenters. The maximum atomic E-state index is 12.4. The Morgan fingerprint density at radius 2 is 1.96 bits per heavy atom. The molecule has 0 radical (unpaired) electrons. The monoisotopic (exact) mass is 411 g/mol. The summed E-state index contributed by atoms with van der Waals surface area (Å²) in [4.78, 5) is 12.4. The number of carbonyl (C=O) groups is 1. The van der Waals surface area contributed by atoms with Gasteiger partial charge < -0.3 is 4.74 Å². The lowest BCUT2D eigenvalue weighted by Gasteiger charge is -2.18. The topological polar surface area (TPSA) is 98.3 Å². The second kappa shape index (κ2) is 8.79. The summed E-state index contributed by atoms with van der Waals surface area (Å²) in [6, 6.07) is 5.90. The van der Waals surface area contributed by atoms with Gasteiger partial charge in [-0.15, -0.1) is 10.2 Å². The van der Waals surface area contributed by atoms with Gasteiger partial charge in [0.2, 0.25) is 19.3 Å². The largest absolute Gasteiger partial charge is 0.481 e. The van der Waals surface area contributed by atoms with Gasteiger partial charge in [-0.05, 0) is 43.4 Å². The van der Waals surface area contributed by atoms with Crippen molar-refractivity contribution in [2.75, 3.05) is 11.1 Å². The van der Waals surface area contributed by atoms with E-state index in [1.807, 2.05) is 25.1 Å². The van der Waals surface area contributed by atoms with Gasteiger partial charge in [0.25, 0.3) is 5.91 Å². The van der Waals surface area contributed by atoms with E-state index in [2.05, 4.69) is 29.4 Å². The number of hydrogen-bond donors (Lipinski definition) is 1. The fraction of sp³-hybridized carbons (Fsp3) is 0.500. The number of sulfone groups is 1. The van der Waals surface area contributed by atoms with E-state index in [4.69, 9.17) is 4.74 Å². The van der Waals surface area contributed by atoms with E-state index in [1.54, 1.807) is 13.8 Å². The van der Waals surface area contributed by atoms with Crippen LogP contribution in [-0.2, 0) is 14.6 Å². The van der Waals surface area contributed by atoms with Crippen molar-refractivity contribution in [3.8, 4) is 5.75 Å². The highest BCUT2D eigenvalue weighted by Crippen LogP contribution is 2.28. The Labute approximate surface area is 164 Å². The summed E-state index contributed by atoms with van der Waals surface area (Å²) in [6.45, 7) is 9.49. The summed E-state index contributed by atoms with van der Waals surface area (Å²) >= 11 is 0.845. The lowest BCUT2D eigenvalue weighted by Crippen LogP contribution is -2.30. The first-order valence-corrected chi connectivity index (χ1v) is 11.2. The zero-order valence-corrected chi connectivity index (χ0v) is 17.8. The second-order valence-electron chi connectivity index (χ2n) is 6.64. The van der Waals surface area contributed by atoms with Gasteiger partial charge in [-0.2, -0.15) is 0 Å². The van der Waals surface area contributed by atoms with Crippen LogP contribution in [0.5, 0.6) is 5.75 Å². The van der Waals surface area contributed by atoms with Crippen LogP contribution in [0.1, 0.15) is 51.2 Å². The minimum atomic E-state index is -3.45. The van der Waals surface area contributed by atoms with E-state index in [9.17, 15) is 13.2 Å². The van der Waals surface area contributed by atoms with E-state index < -0.39 is 21.8 Å². The van der Waals surface area contributed by atoms with Crippen molar-refractivity contribution in [1.29, 1.82) is 0 Å². The fourth-order valence-corrected chi connectivity index (χ4v) is 4.77. The summed E-state index contributed by atoms with van der Waals surface area (Å²) in [5.41, 5.74) is 2.06. The Balaban J connectivity index is 2.09. The fourth-order valence-electron chi connectivity index (χ4n) is 2.41. The third-order valence-electron chi connectivity index (χ3n) is 3.84. The number of aromatic nitrogens is 2. The molecular weight excluding hydrogens is 386 g/mol. The minimum Gasteiger partial charge on any atom is -0.481 e. The molecule has 1 aromatic heterocycles. The molecule has 1 N–H and O–H groups in total. The smallest absolute Gasteiger partial charge is 0.266 e. The summed E-state index contributed by atoms with van der Waals surface area (Å²) < 4.78 is 29.8. The number of benzene rings is 1. The van der Waals surface area contributed by atoms with Crippen molar-refractivity contribution >= 4 is 32.2 Å². The molecule has 0 aliphatic rings. The minimum absolute atomic E-state index is 0.000428. The maximum Gasteiger partial charge on any atom is 0.266 e. The predicted octanol–water partition coefficient (Wildman–Crippen LogP) is 3.56. The number of nitrogens with one attached hydrogen (secondary N) is 1. The Morgan fingerprint density at radius 3 is 2.59 bits per heavy atom. The molecule has 1 aromatic carbocycles. The highest BCUT2D eigenvalue weighted by atomic mass is 32.2. The molecule has 27 heavy (non-hydrogen) atoms. The van der Waals surface area contributed by atoms with Gasteiger partial charge in [0.1, 0.15) is 5.75 Å². The van der Waals surface area contributed by atoms with Crippen LogP contribution in [0, 0.1) is 6.92 Å². The van der Waals surface area contributed by atoms with Crippen molar-refractivity contribution in [1.82, 2.24) is 10.2 Å². The summed E-state index contributed by atoms with van der Waals surface area (Å²) in [6.07, 6.45) is -0.285. The molecule has 1 amide bonds. The molecule has 7 nitrogen and oxygen atoms in total. The average molecular weight is 412 g/mol. The number of ether oxygens (including phenoxy) is 1. The molecule has 1 heterocycles. The molecule has 0 saturated heterocycles. The lowest BCUT2D eigenvalue weighted by molar-refractivity contribution is -0.122. The van der Waals surface area contributed by atoms with Crippen LogP contribution in [0.15, 0.2) is 22.5 Å². The highest BCUT2D eigenvalue weighted by molar-refractivity contribution is 7.93. The van der Waals surface area contributed by atoms with Crippen LogP contribution in [-0.4, -0.2) is 36.4 Å². The zero-order chi connectivity index (χ0) is 20.2. The number of hydrogen-bond acceptors (Lipinski definition) is 7. The molecule has 9 heteroatoms. The molecule has 2 rings (SSSR count). The number of nitrogens with zero attached hydrogens (tertiary/aromatic N) is 2. The SMILES string of the molecule is CCCS(=O)(=O)c1nnc(NC(=O)[C@H](C)Oc2cc(C)ccc2C(C)C)s1. The summed E-state index contributed by atoms with van der Waals surface area (Å²) in [5.74, 6) is 0.503. The average Bonchev–Trinajstić information content (AvgIpc) is 3.04. The molecule has 0 aliphatic heterocycles. The maximum absolute atomic E-state index is 12.4. The van der Waals surface area contributed by atoms with E-state index in [-0.39, 0.29) is 21.1 Å². The summed E-state index contributed by atoms with van der Waals surface area (Å²) in [5, 5.41) is 10.1. The Kier molecular flexibility index (Phi) is 6.94. The van der Waals surface area contributed by atoms with Gasteiger partial charge in [0, 0.05) is 0 Å². The van der Waals surface area contributed by atoms with Gasteiger partial charge in [0.05, 0.1) is 5.75 Å². The van der Waals surface area contributed by atoms with Crippen molar-refractivity contribution in [3.63, 3.8) is 0 Å². The van der Waals surface area contributed by atoms with E-state index in [0.717, 1.165) is 22.5 Å². The van der Waals surface area contributed by atoms with Crippen LogP contribution >= 0.6 is 11.3 Å². The van der Waals surface area contributed by atoms with Gasteiger partial charge in [0.15, 0.2) is 6.10 Å². The van der Waals surface area contributed by atoms with E-state index >= 15 is 0 Å². The molecule has 0 unspecified atom stereocenters. The van der Waals surface area contributed by atoms with E-state index in [1.165, 1.54) is 0 Å². The van der Waals surface area contributed by atoms with Crippen molar-refractivity contribution in [2.45, 2.75) is 57.4 Å². The molecule has 0 fully saturated rings. The molecule has 148 valence electrons. The van der Waals surface area contributed by atoms with E-state index in [0.29, 0.717) is 12.2 Å². The molecule has 0 bridgehead atoms. The first kappa shape index (κ1) is 21.3. The molecule has 2 aromatic rings. The van der Waals surface area contributed by atoms with Gasteiger partial charge in [-0.25, -0.2) is 8.42 Å². The van der Waals surface area contributed by atoms with Gasteiger partial charge >= 0.3 is 0 Å². The number of carbonyl (C=O) groups excluding carboxylic acids is 1. The Morgan fingerprint density at radius 1 is 1.26 bits per heavy atom. The molecular formula is C18H25N3O4S2. The molecule has 0 aliphatic carbocycles. The predicted molar refractivity (Wildman–Crippen MR) is 106 cm³/mol. The van der Waals surface area contributed by atoms with Crippen LogP contribution in [0.25, 0.3) is 0 Å². The van der Waals surface area contributed by atoms with Crippen molar-refractivity contribution < 1.29 is 17.9 Å². The quantitative estimate of drug-likeness (QED) is 0.667. The zero-order valence-electron chi connectivity index (χ0n) is 16.1. The van der Waals surface area contributed by atoms with Crippen LogP contribution in [0.2, 0.25) is 0 Å². The van der Waals surface area contributed by atoms with Gasteiger partial charge in [-0.3, -0.25) is 10.1 Å². The first-order valence-electron chi connectivity index (χ1n) is 8.78. The number of aryl methyl sites for hydroxylation is 1. The van der Waals surface area contributed by atoms with Crippen LogP contribution < -0.4 is 10.1 Å². The van der Waals surface area contributed by atoms with Crippen LogP contribution in [0.3, 0.4) is 0 Å². The second-order valence-corrected chi connectivity index (χ2v) is 9.90. The number of amides is 1. The lowest BCUT2D eigenvalue weighted by atomic mass is 10.0. The highest BCUT2D eigenvalue weighted by Gasteiger charge is 2.22. The Bertz CT molecular complexity index is 907. The third-order valence-corrected chi connectivity index (χ3v) is 7.04. The Hall–Kier alpha value is -2.00. The third kappa shape index (κ3) is 5.49. The standard InChI is InChI=1S/C18H25N3O4S2/c1-6-9-27(23,24)18-21-20-17(26-18)19-16(22)13(5)25-15-10-12(4)7-8-14(15)11(2)3/h7-8,10-11,13H,6,9H2,1-5H3,(H,19,20,22)/t13-/m0/s1. The van der Waals surface area contributed by atoms with Gasteiger partial charge in [-0.1, -0.05) is 44.2 Å². The van der Waals surface area contributed by atoms with Crippen molar-refractivity contribution in [2.24, 2.45) is 0 Å². The molecule has 0 saturated carbocycles.